The molecule has 1 radical (unpaired) electrons. The van der Waals surface area contributed by atoms with Crippen molar-refractivity contribution in [2.24, 2.45) is 7.05 Å². The van der Waals surface area contributed by atoms with E-state index in [0.717, 1.165) is 16.8 Å². The van der Waals surface area contributed by atoms with Gasteiger partial charge in [-0.1, -0.05) is 29.3 Å². The quantitative estimate of drug-likeness (QED) is 0.645. The van der Waals surface area contributed by atoms with E-state index in [2.05, 4.69) is 15.8 Å². The van der Waals surface area contributed by atoms with Crippen LogP contribution in [-0.4, -0.2) is 39.8 Å². The Labute approximate surface area is 194 Å². The fraction of sp³-hybridized carbons (Fsp3) is 0.412. The van der Waals surface area contributed by atoms with Crippen molar-refractivity contribution >= 4 is 17.5 Å². The summed E-state index contributed by atoms with van der Waals surface area (Å²) in [5, 5.41) is 7.53. The first-order valence-electron chi connectivity index (χ1n) is 8.39. The Morgan fingerprint density at radius 2 is 2.03 bits per heavy atom. The molecule has 2 heterocycles. The molecular weight excluding hydrogens is 491 g/mol. The van der Waals surface area contributed by atoms with E-state index in [-0.39, 0.29) is 49.3 Å². The van der Waals surface area contributed by atoms with Gasteiger partial charge >= 0.3 is 6.18 Å². The normalized spacial score (nSPS) is 18.9. The summed E-state index contributed by atoms with van der Waals surface area (Å²) in [5.41, 5.74) is 3.94. The summed E-state index contributed by atoms with van der Waals surface area (Å²) in [5.74, 6) is -0.900. The third kappa shape index (κ3) is 5.35. The number of piperazine rings is 1. The molecule has 12 heteroatoms. The van der Waals surface area contributed by atoms with Crippen molar-refractivity contribution in [2.45, 2.75) is 25.2 Å². The van der Waals surface area contributed by atoms with Gasteiger partial charge in [0.25, 0.3) is 0 Å². The maximum Gasteiger partial charge on any atom is 0.435 e. The van der Waals surface area contributed by atoms with E-state index in [9.17, 15) is 22.4 Å². The molecule has 1 fully saturated rings. The van der Waals surface area contributed by atoms with E-state index in [0.29, 0.717) is 18.7 Å². The van der Waals surface area contributed by atoms with Crippen LogP contribution in [-0.2, 0) is 50.7 Å². The predicted molar refractivity (Wildman–Crippen MR) is 94.0 cm³/mol. The second-order valence-corrected chi connectivity index (χ2v) is 6.80. The van der Waals surface area contributed by atoms with Crippen LogP contribution in [0.15, 0.2) is 24.3 Å². The van der Waals surface area contributed by atoms with E-state index in [1.54, 1.807) is 6.92 Å². The van der Waals surface area contributed by atoms with Crippen molar-refractivity contribution in [1.29, 1.82) is 0 Å². The Morgan fingerprint density at radius 3 is 2.62 bits per heavy atom. The van der Waals surface area contributed by atoms with Crippen molar-refractivity contribution in [2.75, 3.05) is 13.1 Å². The van der Waals surface area contributed by atoms with Gasteiger partial charge < -0.3 is 15.8 Å². The summed E-state index contributed by atoms with van der Waals surface area (Å²) >= 11 is 5.86. The van der Waals surface area contributed by atoms with Gasteiger partial charge in [0.2, 0.25) is 5.91 Å². The first-order chi connectivity index (χ1) is 13.1. The van der Waals surface area contributed by atoms with E-state index < -0.39 is 29.8 Å². The number of halogens is 5. The van der Waals surface area contributed by atoms with E-state index in [4.69, 9.17) is 11.6 Å². The second kappa shape index (κ2) is 9.39. The number of nitrogens with one attached hydrogen (secondary N) is 1. The molecule has 0 spiro atoms. The summed E-state index contributed by atoms with van der Waals surface area (Å²) in [4.78, 5) is 11.9. The molecule has 0 bridgehead atoms. The SMILES string of the molecule is CC1C(=O)NCCN1[N-]C(c1ccc(F)c(Cl)c1)c1cc(C(F)(F)F)nn1C.[Y]. The van der Waals surface area contributed by atoms with Crippen LogP contribution in [0.3, 0.4) is 0 Å². The first kappa shape index (κ1) is 24.2. The average molecular weight is 508 g/mol. The van der Waals surface area contributed by atoms with Gasteiger partial charge in [-0.05, 0) is 31.7 Å². The number of alkyl halides is 3. The van der Waals surface area contributed by atoms with Gasteiger partial charge in [-0.2, -0.15) is 18.3 Å². The van der Waals surface area contributed by atoms with Crippen molar-refractivity contribution < 1.29 is 55.1 Å². The minimum absolute atomic E-state index is 0. The maximum atomic E-state index is 13.6. The topological polar surface area (TPSA) is 64.3 Å². The minimum Gasteiger partial charge on any atom is -0.582 e. The van der Waals surface area contributed by atoms with Crippen LogP contribution >= 0.6 is 11.6 Å². The van der Waals surface area contributed by atoms with Crippen LogP contribution in [0, 0.1) is 5.82 Å². The molecule has 1 aliphatic heterocycles. The number of nitrogens with zero attached hydrogens (tertiary/aromatic N) is 4. The average Bonchev–Trinajstić information content (AvgIpc) is 3.01. The molecule has 1 aliphatic rings. The number of aryl methyl sites for hydroxylation is 1. The van der Waals surface area contributed by atoms with Gasteiger partial charge in [0.1, 0.15) is 5.82 Å². The van der Waals surface area contributed by atoms with Crippen LogP contribution < -0.4 is 5.32 Å². The molecule has 29 heavy (non-hydrogen) atoms. The van der Waals surface area contributed by atoms with Crippen LogP contribution in [0.5, 0.6) is 0 Å². The smallest absolute Gasteiger partial charge is 0.435 e. The summed E-state index contributed by atoms with van der Waals surface area (Å²) in [6, 6.07) is 3.14. The summed E-state index contributed by atoms with van der Waals surface area (Å²) in [6.45, 7) is 2.36. The summed E-state index contributed by atoms with van der Waals surface area (Å²) in [7, 11) is 1.37. The van der Waals surface area contributed by atoms with Crippen molar-refractivity contribution in [1.82, 2.24) is 20.1 Å². The molecule has 1 aromatic carbocycles. The zero-order valence-corrected chi connectivity index (χ0v) is 19.1. The van der Waals surface area contributed by atoms with Crippen molar-refractivity contribution in [3.05, 3.63) is 57.5 Å². The molecule has 155 valence electrons. The van der Waals surface area contributed by atoms with E-state index >= 15 is 0 Å². The number of carbonyl (C=O) groups excluding carboxylic acids is 1. The molecule has 1 amide bonds. The van der Waals surface area contributed by atoms with Crippen molar-refractivity contribution in [3.63, 3.8) is 0 Å². The van der Waals surface area contributed by atoms with Crippen LogP contribution in [0.4, 0.5) is 17.6 Å². The van der Waals surface area contributed by atoms with E-state index in [1.807, 2.05) is 0 Å². The molecule has 2 unspecified atom stereocenters. The maximum absolute atomic E-state index is 13.6. The summed E-state index contributed by atoms with van der Waals surface area (Å²) < 4.78 is 53.9. The van der Waals surface area contributed by atoms with Crippen LogP contribution in [0.2, 0.25) is 5.02 Å². The zero-order chi connectivity index (χ0) is 20.6. The predicted octanol–water partition coefficient (Wildman–Crippen LogP) is 3.43. The van der Waals surface area contributed by atoms with Crippen LogP contribution in [0.1, 0.15) is 29.9 Å². The molecule has 1 aromatic heterocycles. The van der Waals surface area contributed by atoms with Crippen molar-refractivity contribution in [3.8, 4) is 0 Å². The van der Waals surface area contributed by atoms with Gasteiger partial charge in [-0.3, -0.25) is 9.48 Å². The first-order valence-corrected chi connectivity index (χ1v) is 8.77. The Bertz CT molecular complexity index is 891. The van der Waals surface area contributed by atoms with Gasteiger partial charge in [-0.15, -0.1) is 0 Å². The minimum atomic E-state index is -4.63. The number of benzene rings is 1. The third-order valence-corrected chi connectivity index (χ3v) is 4.77. The van der Waals surface area contributed by atoms with E-state index in [1.165, 1.54) is 24.2 Å². The molecular formula is C17H17ClF4N5OY-. The number of rotatable bonds is 4. The Balaban J connectivity index is 0.00000300. The third-order valence-electron chi connectivity index (χ3n) is 4.48. The molecule has 2 atom stereocenters. The largest absolute Gasteiger partial charge is 0.582 e. The van der Waals surface area contributed by atoms with Gasteiger partial charge in [0.15, 0.2) is 5.69 Å². The van der Waals surface area contributed by atoms with Gasteiger partial charge in [0, 0.05) is 52.0 Å². The number of aromatic nitrogens is 2. The van der Waals surface area contributed by atoms with Gasteiger partial charge in [0.05, 0.1) is 11.1 Å². The fourth-order valence-corrected chi connectivity index (χ4v) is 3.12. The number of hydrogen-bond acceptors (Lipinski definition) is 3. The molecule has 1 saturated heterocycles. The second-order valence-electron chi connectivity index (χ2n) is 6.40. The Morgan fingerprint density at radius 1 is 1.34 bits per heavy atom. The molecule has 3 rings (SSSR count). The fourth-order valence-electron chi connectivity index (χ4n) is 2.93. The number of carbonyl (C=O) groups is 1. The summed E-state index contributed by atoms with van der Waals surface area (Å²) in [6.07, 6.45) is -4.63. The number of hydrogen-bond donors (Lipinski definition) is 1. The standard InChI is InChI=1S/C17H17ClF4N5O.Y/c1-9-16(28)23-5-6-27(9)25-15(10-3-4-12(19)11(18)7-10)13-8-14(17(20,21)22)24-26(13)2;/h3-4,7-9,15H,5-6H2,1-2H3,(H,23,28);/q-1;. The zero-order valence-electron chi connectivity index (χ0n) is 15.5. The molecule has 0 saturated carbocycles. The van der Waals surface area contributed by atoms with Gasteiger partial charge in [-0.25, -0.2) is 4.39 Å². The molecule has 0 aliphatic carbocycles. The number of amides is 1. The Hall–Kier alpha value is -1.07. The van der Waals surface area contributed by atoms with Crippen LogP contribution in [0.25, 0.3) is 5.43 Å². The molecule has 6 nitrogen and oxygen atoms in total. The molecule has 2 aromatic rings. The monoisotopic (exact) mass is 507 g/mol. The Kier molecular flexibility index (Phi) is 7.83. The molecule has 1 N–H and O–H groups in total.